The Hall–Kier alpha value is -1.61. The number of nitrogen functional groups attached to an aromatic ring is 1. The minimum absolute atomic E-state index is 0.0682. The number of amides is 1. The van der Waals surface area contributed by atoms with Gasteiger partial charge >= 0.3 is 0 Å². The molecule has 0 aromatic carbocycles. The second-order valence-corrected chi connectivity index (χ2v) is 8.20. The molecule has 0 bridgehead atoms. The monoisotopic (exact) mass is 330 g/mol. The molecule has 0 unspecified atom stereocenters. The second-order valence-electron chi connectivity index (χ2n) is 4.73. The lowest BCUT2D eigenvalue weighted by molar-refractivity contribution is 0.0961. The summed E-state index contributed by atoms with van der Waals surface area (Å²) in [6.07, 6.45) is 0. The molecule has 0 aliphatic heterocycles. The third-order valence-electron chi connectivity index (χ3n) is 3.23. The number of sulfone groups is 1. The van der Waals surface area contributed by atoms with Crippen LogP contribution in [0.2, 0.25) is 0 Å². The Kier molecular flexibility index (Phi) is 4.24. The van der Waals surface area contributed by atoms with Gasteiger partial charge in [0.2, 0.25) is 0 Å². The number of fused-ring (bicyclic) bond motifs is 1. The van der Waals surface area contributed by atoms with Crippen molar-refractivity contribution in [3.05, 3.63) is 10.6 Å². The number of thiophene rings is 1. The highest BCUT2D eigenvalue weighted by atomic mass is 32.2. The standard InChI is InChI=1S/C12H18N4O3S2/c1-4-21(18,19)6-5-14-11(17)10-9(13)8-7(2)15-16(3)12(8)20-10/h4-6,13H2,1-3H3,(H,14,17). The maximum absolute atomic E-state index is 12.1. The Morgan fingerprint density at radius 2 is 2.14 bits per heavy atom. The molecule has 2 heterocycles. The first kappa shape index (κ1) is 15.8. The fourth-order valence-electron chi connectivity index (χ4n) is 2.04. The van der Waals surface area contributed by atoms with Gasteiger partial charge in [-0.3, -0.25) is 9.48 Å². The highest BCUT2D eigenvalue weighted by molar-refractivity contribution is 7.91. The minimum Gasteiger partial charge on any atom is -0.397 e. The molecule has 0 radical (unpaired) electrons. The van der Waals surface area contributed by atoms with Gasteiger partial charge in [-0.1, -0.05) is 6.92 Å². The first-order valence-corrected chi connectivity index (χ1v) is 9.10. The molecule has 21 heavy (non-hydrogen) atoms. The summed E-state index contributed by atoms with van der Waals surface area (Å²) in [6.45, 7) is 3.50. The van der Waals surface area contributed by atoms with Crippen molar-refractivity contribution in [2.45, 2.75) is 13.8 Å². The molecule has 0 fully saturated rings. The van der Waals surface area contributed by atoms with E-state index in [1.807, 2.05) is 6.92 Å². The van der Waals surface area contributed by atoms with Gasteiger partial charge in [0.1, 0.15) is 9.71 Å². The van der Waals surface area contributed by atoms with Crippen LogP contribution < -0.4 is 11.1 Å². The summed E-state index contributed by atoms with van der Waals surface area (Å²) >= 11 is 1.26. The Bertz CT molecular complexity index is 789. The lowest BCUT2D eigenvalue weighted by Gasteiger charge is -2.04. The zero-order chi connectivity index (χ0) is 15.8. The van der Waals surface area contributed by atoms with Crippen LogP contribution >= 0.6 is 11.3 Å². The fourth-order valence-corrected chi connectivity index (χ4v) is 3.85. The van der Waals surface area contributed by atoms with E-state index >= 15 is 0 Å². The van der Waals surface area contributed by atoms with Crippen LogP contribution in [0.25, 0.3) is 10.2 Å². The van der Waals surface area contributed by atoms with Gasteiger partial charge in [-0.05, 0) is 6.92 Å². The lowest BCUT2D eigenvalue weighted by atomic mass is 10.2. The quantitative estimate of drug-likeness (QED) is 0.839. The second kappa shape index (κ2) is 5.64. The molecule has 1 amide bonds. The molecule has 7 nitrogen and oxygen atoms in total. The van der Waals surface area contributed by atoms with E-state index in [4.69, 9.17) is 5.73 Å². The number of anilines is 1. The Balaban J connectivity index is 2.17. The van der Waals surface area contributed by atoms with Crippen LogP contribution in [0.5, 0.6) is 0 Å². The van der Waals surface area contributed by atoms with Crippen molar-refractivity contribution < 1.29 is 13.2 Å². The van der Waals surface area contributed by atoms with Crippen LogP contribution in [-0.4, -0.2) is 42.2 Å². The van der Waals surface area contributed by atoms with Crippen LogP contribution in [0, 0.1) is 6.92 Å². The summed E-state index contributed by atoms with van der Waals surface area (Å²) in [6, 6.07) is 0. The molecule has 2 aromatic heterocycles. The normalized spacial score (nSPS) is 12.0. The van der Waals surface area contributed by atoms with Crippen LogP contribution in [0.3, 0.4) is 0 Å². The van der Waals surface area contributed by atoms with Gasteiger partial charge < -0.3 is 11.1 Å². The van der Waals surface area contributed by atoms with Crippen molar-refractivity contribution in [3.63, 3.8) is 0 Å². The molecule has 2 rings (SSSR count). The molecule has 0 aliphatic rings. The maximum Gasteiger partial charge on any atom is 0.263 e. The Morgan fingerprint density at radius 1 is 1.48 bits per heavy atom. The number of nitrogens with zero attached hydrogens (tertiary/aromatic N) is 2. The number of hydrogen-bond donors (Lipinski definition) is 2. The van der Waals surface area contributed by atoms with Crippen LogP contribution in [0.15, 0.2) is 0 Å². The SMILES string of the molecule is CCS(=O)(=O)CCNC(=O)c1sc2c(c(C)nn2C)c1N. The van der Waals surface area contributed by atoms with Crippen LogP contribution in [0.4, 0.5) is 5.69 Å². The molecule has 0 aliphatic carbocycles. The summed E-state index contributed by atoms with van der Waals surface area (Å²) in [5.74, 6) is -0.348. The van der Waals surface area contributed by atoms with Crippen molar-refractivity contribution in [1.82, 2.24) is 15.1 Å². The third kappa shape index (κ3) is 3.03. The molecular formula is C12H18N4O3S2. The molecule has 0 atom stereocenters. The number of hydrogen-bond acceptors (Lipinski definition) is 6. The number of rotatable bonds is 5. The summed E-state index contributed by atoms with van der Waals surface area (Å²) in [4.78, 5) is 13.4. The number of aryl methyl sites for hydroxylation is 2. The maximum atomic E-state index is 12.1. The van der Waals surface area contributed by atoms with Crippen LogP contribution in [0.1, 0.15) is 22.3 Å². The molecule has 0 saturated heterocycles. The van der Waals surface area contributed by atoms with E-state index in [-0.39, 0.29) is 24.0 Å². The summed E-state index contributed by atoms with van der Waals surface area (Å²) < 4.78 is 24.5. The third-order valence-corrected chi connectivity index (χ3v) is 6.20. The van der Waals surface area contributed by atoms with Crippen molar-refractivity contribution in [2.75, 3.05) is 23.8 Å². The number of nitrogens with two attached hydrogens (primary N) is 1. The van der Waals surface area contributed by atoms with E-state index in [1.54, 1.807) is 18.7 Å². The summed E-state index contributed by atoms with van der Waals surface area (Å²) in [5.41, 5.74) is 7.19. The van der Waals surface area contributed by atoms with Gasteiger partial charge in [0.25, 0.3) is 5.91 Å². The highest BCUT2D eigenvalue weighted by Gasteiger charge is 2.21. The van der Waals surface area contributed by atoms with Gasteiger partial charge in [-0.15, -0.1) is 11.3 Å². The smallest absolute Gasteiger partial charge is 0.263 e. The van der Waals surface area contributed by atoms with Crippen molar-refractivity contribution in [1.29, 1.82) is 0 Å². The van der Waals surface area contributed by atoms with Crippen molar-refractivity contribution in [3.8, 4) is 0 Å². The number of carbonyl (C=O) groups is 1. The van der Waals surface area contributed by atoms with Crippen molar-refractivity contribution >= 4 is 43.0 Å². The average Bonchev–Trinajstić information content (AvgIpc) is 2.89. The topological polar surface area (TPSA) is 107 Å². The van der Waals surface area contributed by atoms with Crippen LogP contribution in [-0.2, 0) is 16.9 Å². The molecule has 2 aromatic rings. The zero-order valence-electron chi connectivity index (χ0n) is 12.1. The van der Waals surface area contributed by atoms with Gasteiger partial charge in [0, 0.05) is 19.3 Å². The molecular weight excluding hydrogens is 312 g/mol. The first-order valence-electron chi connectivity index (χ1n) is 6.47. The van der Waals surface area contributed by atoms with E-state index < -0.39 is 9.84 Å². The Morgan fingerprint density at radius 3 is 2.71 bits per heavy atom. The number of nitrogens with one attached hydrogen (secondary N) is 1. The van der Waals surface area contributed by atoms with E-state index in [0.29, 0.717) is 10.6 Å². The molecule has 0 saturated carbocycles. The fraction of sp³-hybridized carbons (Fsp3) is 0.500. The van der Waals surface area contributed by atoms with Gasteiger partial charge in [0.15, 0.2) is 9.84 Å². The molecule has 9 heteroatoms. The predicted molar refractivity (Wildman–Crippen MR) is 84.4 cm³/mol. The summed E-state index contributed by atoms with van der Waals surface area (Å²) in [7, 11) is -1.30. The lowest BCUT2D eigenvalue weighted by Crippen LogP contribution is -2.29. The molecule has 116 valence electrons. The van der Waals surface area contributed by atoms with Gasteiger partial charge in [-0.2, -0.15) is 5.10 Å². The summed E-state index contributed by atoms with van der Waals surface area (Å²) in [5, 5.41) is 7.64. The van der Waals surface area contributed by atoms with E-state index in [0.717, 1.165) is 15.9 Å². The predicted octanol–water partition coefficient (Wildman–Crippen LogP) is 0.690. The van der Waals surface area contributed by atoms with Gasteiger partial charge in [0.05, 0.1) is 22.5 Å². The zero-order valence-corrected chi connectivity index (χ0v) is 13.8. The largest absolute Gasteiger partial charge is 0.397 e. The average molecular weight is 330 g/mol. The molecule has 0 spiro atoms. The van der Waals surface area contributed by atoms with E-state index in [1.165, 1.54) is 11.3 Å². The minimum atomic E-state index is -3.09. The highest BCUT2D eigenvalue weighted by Crippen LogP contribution is 2.35. The molecule has 3 N–H and O–H groups in total. The van der Waals surface area contributed by atoms with Crippen molar-refractivity contribution in [2.24, 2.45) is 7.05 Å². The van der Waals surface area contributed by atoms with E-state index in [9.17, 15) is 13.2 Å². The Labute approximate surface area is 127 Å². The van der Waals surface area contributed by atoms with E-state index in [2.05, 4.69) is 10.4 Å². The first-order chi connectivity index (χ1) is 9.76. The number of carbonyl (C=O) groups excluding carboxylic acids is 1. The number of aromatic nitrogens is 2. The van der Waals surface area contributed by atoms with Gasteiger partial charge in [-0.25, -0.2) is 8.42 Å².